The zero-order chi connectivity index (χ0) is 16.7. The van der Waals surface area contributed by atoms with Gasteiger partial charge in [-0.2, -0.15) is 0 Å². The van der Waals surface area contributed by atoms with Crippen molar-refractivity contribution in [3.05, 3.63) is 41.5 Å². The van der Waals surface area contributed by atoms with Gasteiger partial charge in [0.05, 0.1) is 17.3 Å². The fraction of sp³-hybridized carbons (Fsp3) is 0.389. The molecule has 1 N–H and O–H groups in total. The van der Waals surface area contributed by atoms with Crippen LogP contribution >= 0.6 is 11.8 Å². The molecule has 4 nitrogen and oxygen atoms in total. The summed E-state index contributed by atoms with van der Waals surface area (Å²) in [7, 11) is -2.89. The van der Waals surface area contributed by atoms with Gasteiger partial charge in [0.1, 0.15) is 0 Å². The van der Waals surface area contributed by atoms with Crippen LogP contribution in [0.3, 0.4) is 0 Å². The van der Waals surface area contributed by atoms with Gasteiger partial charge in [-0.15, -0.1) is 11.8 Å². The Bertz CT molecular complexity index is 911. The second-order valence-corrected chi connectivity index (χ2v) is 10.0. The lowest BCUT2D eigenvalue weighted by atomic mass is 10.0. The first-order valence-electron chi connectivity index (χ1n) is 8.17. The normalized spacial score (nSPS) is 21.2. The molecule has 2 aromatic rings. The summed E-state index contributed by atoms with van der Waals surface area (Å²) in [5.74, 6) is 0.680. The largest absolute Gasteiger partial charge is 0.325 e. The molecule has 2 aromatic carbocycles. The minimum Gasteiger partial charge on any atom is -0.325 e. The summed E-state index contributed by atoms with van der Waals surface area (Å²) in [6.45, 7) is 0. The van der Waals surface area contributed by atoms with E-state index in [1.54, 1.807) is 0 Å². The molecule has 0 radical (unpaired) electrons. The number of benzene rings is 2. The van der Waals surface area contributed by atoms with E-state index in [-0.39, 0.29) is 22.7 Å². The number of thioether (sulfide) groups is 1. The van der Waals surface area contributed by atoms with Crippen molar-refractivity contribution in [1.29, 1.82) is 0 Å². The SMILES string of the molecule is O=C(CSC1CCS(=O)(=O)C1)Nc1ccc2c3c(cccc13)CC2. The topological polar surface area (TPSA) is 63.2 Å². The van der Waals surface area contributed by atoms with Crippen LogP contribution in [-0.4, -0.2) is 36.8 Å². The molecule has 1 heterocycles. The number of hydrogen-bond acceptors (Lipinski definition) is 4. The maximum absolute atomic E-state index is 12.3. The van der Waals surface area contributed by atoms with E-state index in [1.165, 1.54) is 28.3 Å². The van der Waals surface area contributed by atoms with Crippen molar-refractivity contribution in [1.82, 2.24) is 0 Å². The molecule has 1 amide bonds. The van der Waals surface area contributed by atoms with E-state index in [1.807, 2.05) is 12.1 Å². The van der Waals surface area contributed by atoms with Crippen molar-refractivity contribution < 1.29 is 13.2 Å². The van der Waals surface area contributed by atoms with E-state index in [0.717, 1.165) is 23.9 Å². The third-order valence-electron chi connectivity index (χ3n) is 4.79. The van der Waals surface area contributed by atoms with Gasteiger partial charge in [0.2, 0.25) is 5.91 Å². The number of hydrogen-bond donors (Lipinski definition) is 1. The molecule has 1 saturated heterocycles. The highest BCUT2D eigenvalue weighted by molar-refractivity contribution is 8.02. The van der Waals surface area contributed by atoms with Crippen LogP contribution in [0.25, 0.3) is 10.8 Å². The second-order valence-electron chi connectivity index (χ2n) is 6.50. The number of amides is 1. The van der Waals surface area contributed by atoms with Gasteiger partial charge < -0.3 is 5.32 Å². The second kappa shape index (κ2) is 6.08. The molecule has 1 atom stereocenters. The lowest BCUT2D eigenvalue weighted by Gasteiger charge is -2.11. The quantitative estimate of drug-likeness (QED) is 0.910. The predicted molar refractivity (Wildman–Crippen MR) is 99.5 cm³/mol. The van der Waals surface area contributed by atoms with Crippen LogP contribution in [0.2, 0.25) is 0 Å². The number of anilines is 1. The summed E-state index contributed by atoms with van der Waals surface area (Å²) in [5, 5.41) is 5.44. The van der Waals surface area contributed by atoms with Crippen LogP contribution in [0.15, 0.2) is 30.3 Å². The Balaban J connectivity index is 1.46. The van der Waals surface area contributed by atoms with E-state index in [4.69, 9.17) is 0 Å². The molecule has 0 bridgehead atoms. The third-order valence-corrected chi connectivity index (χ3v) is 8.07. The maximum Gasteiger partial charge on any atom is 0.234 e. The van der Waals surface area contributed by atoms with Gasteiger partial charge in [0, 0.05) is 16.3 Å². The van der Waals surface area contributed by atoms with Crippen molar-refractivity contribution in [2.45, 2.75) is 24.5 Å². The predicted octanol–water partition coefficient (Wildman–Crippen LogP) is 2.80. The van der Waals surface area contributed by atoms with Crippen LogP contribution in [0, 0.1) is 0 Å². The third kappa shape index (κ3) is 3.05. The minimum atomic E-state index is -2.89. The van der Waals surface area contributed by atoms with Crippen LogP contribution in [0.1, 0.15) is 17.5 Å². The van der Waals surface area contributed by atoms with Crippen LogP contribution in [0.4, 0.5) is 5.69 Å². The first-order chi connectivity index (χ1) is 11.5. The molecule has 1 aliphatic carbocycles. The van der Waals surface area contributed by atoms with Gasteiger partial charge in [0.25, 0.3) is 0 Å². The summed E-state index contributed by atoms with van der Waals surface area (Å²) < 4.78 is 23.0. The molecule has 0 saturated carbocycles. The van der Waals surface area contributed by atoms with Gasteiger partial charge in [-0.25, -0.2) is 8.42 Å². The Morgan fingerprint density at radius 1 is 1.17 bits per heavy atom. The summed E-state index contributed by atoms with van der Waals surface area (Å²) in [6, 6.07) is 10.3. The lowest BCUT2D eigenvalue weighted by Crippen LogP contribution is -2.17. The number of nitrogens with one attached hydrogen (secondary N) is 1. The van der Waals surface area contributed by atoms with E-state index >= 15 is 0 Å². The molecule has 0 aromatic heterocycles. The van der Waals surface area contributed by atoms with Gasteiger partial charge >= 0.3 is 0 Å². The van der Waals surface area contributed by atoms with E-state index in [2.05, 4.69) is 23.5 Å². The van der Waals surface area contributed by atoms with Crippen molar-refractivity contribution in [2.24, 2.45) is 0 Å². The van der Waals surface area contributed by atoms with Crippen molar-refractivity contribution in [3.8, 4) is 0 Å². The summed E-state index contributed by atoms with van der Waals surface area (Å²) in [5.41, 5.74) is 3.55. The average Bonchev–Trinajstić information content (AvgIpc) is 3.12. The molecule has 1 unspecified atom stereocenters. The summed E-state index contributed by atoms with van der Waals surface area (Å²) in [6.07, 6.45) is 2.79. The molecule has 6 heteroatoms. The first kappa shape index (κ1) is 16.0. The molecule has 2 aliphatic rings. The first-order valence-corrected chi connectivity index (χ1v) is 11.0. The molecule has 126 valence electrons. The average molecular weight is 361 g/mol. The highest BCUT2D eigenvalue weighted by Crippen LogP contribution is 2.35. The van der Waals surface area contributed by atoms with Gasteiger partial charge in [0.15, 0.2) is 9.84 Å². The monoisotopic (exact) mass is 361 g/mol. The fourth-order valence-electron chi connectivity index (χ4n) is 3.63. The zero-order valence-corrected chi connectivity index (χ0v) is 14.9. The number of carbonyl (C=O) groups is 1. The molecular formula is C18H19NO3S2. The molecule has 1 fully saturated rings. The Kier molecular flexibility index (Phi) is 4.04. The smallest absolute Gasteiger partial charge is 0.234 e. The van der Waals surface area contributed by atoms with Crippen LogP contribution < -0.4 is 5.32 Å². The fourth-order valence-corrected chi connectivity index (χ4v) is 7.07. The van der Waals surface area contributed by atoms with Gasteiger partial charge in [-0.3, -0.25) is 4.79 Å². The molecule has 1 aliphatic heterocycles. The van der Waals surface area contributed by atoms with Gasteiger partial charge in [-0.05, 0) is 41.8 Å². The van der Waals surface area contributed by atoms with Crippen molar-refractivity contribution >= 4 is 44.0 Å². The Morgan fingerprint density at radius 3 is 2.71 bits per heavy atom. The number of sulfone groups is 1. The van der Waals surface area contributed by atoms with Gasteiger partial charge in [-0.1, -0.05) is 24.3 Å². The van der Waals surface area contributed by atoms with E-state index in [0.29, 0.717) is 12.2 Å². The molecular weight excluding hydrogens is 342 g/mol. The highest BCUT2D eigenvalue weighted by Gasteiger charge is 2.28. The number of aryl methyl sites for hydroxylation is 2. The summed E-state index contributed by atoms with van der Waals surface area (Å²) >= 11 is 1.45. The standard InChI is InChI=1S/C18H19NO3S2/c20-17(10-23-14-8-9-24(21,22)11-14)19-16-7-6-13-5-4-12-2-1-3-15(16)18(12)13/h1-3,6-7,14H,4-5,8-11H2,(H,19,20). The maximum atomic E-state index is 12.3. The van der Waals surface area contributed by atoms with Crippen molar-refractivity contribution in [3.63, 3.8) is 0 Å². The molecule has 0 spiro atoms. The van der Waals surface area contributed by atoms with E-state index < -0.39 is 9.84 Å². The van der Waals surface area contributed by atoms with E-state index in [9.17, 15) is 13.2 Å². The minimum absolute atomic E-state index is 0.0496. The molecule has 4 rings (SSSR count). The Morgan fingerprint density at radius 2 is 1.96 bits per heavy atom. The Labute approximate surface area is 145 Å². The number of rotatable bonds is 4. The lowest BCUT2D eigenvalue weighted by molar-refractivity contribution is -0.113. The number of carbonyl (C=O) groups excluding carboxylic acids is 1. The summed E-state index contributed by atoms with van der Waals surface area (Å²) in [4.78, 5) is 12.3. The highest BCUT2D eigenvalue weighted by atomic mass is 32.2. The Hall–Kier alpha value is -1.53. The van der Waals surface area contributed by atoms with Crippen LogP contribution in [-0.2, 0) is 27.5 Å². The van der Waals surface area contributed by atoms with Crippen LogP contribution in [0.5, 0.6) is 0 Å². The van der Waals surface area contributed by atoms with Crippen molar-refractivity contribution in [2.75, 3.05) is 22.6 Å². The zero-order valence-electron chi connectivity index (χ0n) is 13.2. The molecule has 24 heavy (non-hydrogen) atoms.